The second kappa shape index (κ2) is 6.71. The number of hydrazine groups is 1. The van der Waals surface area contributed by atoms with Gasteiger partial charge in [-0.1, -0.05) is 48.5 Å². The quantitative estimate of drug-likeness (QED) is 0.634. The van der Waals surface area contributed by atoms with Crippen LogP contribution in [0.5, 0.6) is 0 Å². The number of nitrogens with one attached hydrogen (secondary N) is 4. The SMILES string of the molecule is O=C1NN=C(c2ccccc2)C(NNC(=O)c2ccccc2)N1. The maximum Gasteiger partial charge on any atom is 0.336 e. The van der Waals surface area contributed by atoms with E-state index in [4.69, 9.17) is 0 Å². The van der Waals surface area contributed by atoms with E-state index in [9.17, 15) is 9.59 Å². The number of hydrogen-bond acceptors (Lipinski definition) is 4. The summed E-state index contributed by atoms with van der Waals surface area (Å²) >= 11 is 0. The zero-order valence-electron chi connectivity index (χ0n) is 12.1. The first-order valence-electron chi connectivity index (χ1n) is 7.04. The summed E-state index contributed by atoms with van der Waals surface area (Å²) in [5, 5.41) is 6.72. The normalized spacial score (nSPS) is 16.8. The van der Waals surface area contributed by atoms with Crippen molar-refractivity contribution in [3.63, 3.8) is 0 Å². The van der Waals surface area contributed by atoms with Crippen LogP contribution in [-0.4, -0.2) is 23.8 Å². The Hall–Kier alpha value is -3.19. The minimum atomic E-state index is -0.640. The van der Waals surface area contributed by atoms with Gasteiger partial charge in [0.25, 0.3) is 5.91 Å². The van der Waals surface area contributed by atoms with Crippen molar-refractivity contribution >= 4 is 17.6 Å². The van der Waals surface area contributed by atoms with Crippen LogP contribution in [0.15, 0.2) is 65.8 Å². The Morgan fingerprint density at radius 1 is 1.00 bits per heavy atom. The Balaban J connectivity index is 1.72. The molecule has 0 aromatic heterocycles. The fourth-order valence-corrected chi connectivity index (χ4v) is 2.15. The monoisotopic (exact) mass is 309 g/mol. The number of carbonyl (C=O) groups is 2. The van der Waals surface area contributed by atoms with Crippen LogP contribution in [0.4, 0.5) is 4.79 Å². The number of hydrazone groups is 1. The number of nitrogens with zero attached hydrogens (tertiary/aromatic N) is 1. The van der Waals surface area contributed by atoms with Gasteiger partial charge in [0.15, 0.2) is 0 Å². The van der Waals surface area contributed by atoms with Crippen LogP contribution in [0.3, 0.4) is 0 Å². The van der Waals surface area contributed by atoms with Crippen LogP contribution >= 0.6 is 0 Å². The average Bonchev–Trinajstić information content (AvgIpc) is 2.61. The van der Waals surface area contributed by atoms with E-state index < -0.39 is 12.2 Å². The van der Waals surface area contributed by atoms with E-state index >= 15 is 0 Å². The van der Waals surface area contributed by atoms with Gasteiger partial charge in [-0.3, -0.25) is 10.2 Å². The lowest BCUT2D eigenvalue weighted by molar-refractivity contribution is 0.0927. The van der Waals surface area contributed by atoms with Crippen molar-refractivity contribution in [2.45, 2.75) is 6.17 Å². The smallest absolute Gasteiger partial charge is 0.314 e. The van der Waals surface area contributed by atoms with E-state index in [-0.39, 0.29) is 5.91 Å². The molecule has 2 aromatic rings. The van der Waals surface area contributed by atoms with Crippen molar-refractivity contribution in [2.75, 3.05) is 0 Å². The van der Waals surface area contributed by atoms with Crippen molar-refractivity contribution in [3.8, 4) is 0 Å². The number of carbonyl (C=O) groups excluding carboxylic acids is 2. The van der Waals surface area contributed by atoms with Gasteiger partial charge >= 0.3 is 6.03 Å². The van der Waals surface area contributed by atoms with Gasteiger partial charge in [-0.25, -0.2) is 15.6 Å². The highest BCUT2D eigenvalue weighted by Crippen LogP contribution is 2.06. The number of benzene rings is 2. The molecular formula is C16H15N5O2. The van der Waals surface area contributed by atoms with Crippen molar-refractivity contribution in [1.82, 2.24) is 21.6 Å². The number of urea groups is 1. The third-order valence-electron chi connectivity index (χ3n) is 3.26. The Labute approximate surface area is 132 Å². The standard InChI is InChI=1S/C16H15N5O2/c22-15(12-9-5-2-6-10-12)20-19-14-13(18-21-16(23)17-14)11-7-3-1-4-8-11/h1-10,14,19H,(H,20,22)(H2,17,21,23). The van der Waals surface area contributed by atoms with Gasteiger partial charge in [-0.05, 0) is 12.1 Å². The van der Waals surface area contributed by atoms with E-state index in [1.807, 2.05) is 36.4 Å². The third-order valence-corrected chi connectivity index (χ3v) is 3.26. The average molecular weight is 309 g/mol. The highest BCUT2D eigenvalue weighted by molar-refractivity contribution is 6.07. The summed E-state index contributed by atoms with van der Waals surface area (Å²) in [4.78, 5) is 23.6. The van der Waals surface area contributed by atoms with Crippen LogP contribution in [0.2, 0.25) is 0 Å². The van der Waals surface area contributed by atoms with E-state index in [2.05, 4.69) is 26.7 Å². The molecule has 7 heteroatoms. The second-order valence-corrected chi connectivity index (χ2v) is 4.85. The summed E-state index contributed by atoms with van der Waals surface area (Å²) in [6, 6.07) is 17.7. The van der Waals surface area contributed by atoms with Crippen LogP contribution in [0.1, 0.15) is 15.9 Å². The molecule has 23 heavy (non-hydrogen) atoms. The molecule has 1 aliphatic rings. The number of hydrogen-bond donors (Lipinski definition) is 4. The van der Waals surface area contributed by atoms with Gasteiger partial charge in [0.05, 0.1) is 0 Å². The van der Waals surface area contributed by atoms with Crippen LogP contribution in [0.25, 0.3) is 0 Å². The molecule has 0 fully saturated rings. The summed E-state index contributed by atoms with van der Waals surface area (Å²) in [5.41, 5.74) is 9.64. The fraction of sp³-hybridized carbons (Fsp3) is 0.0625. The van der Waals surface area contributed by atoms with E-state index in [1.165, 1.54) is 0 Å². The Kier molecular flexibility index (Phi) is 4.30. The van der Waals surface area contributed by atoms with E-state index in [0.717, 1.165) is 5.56 Å². The first-order chi connectivity index (χ1) is 11.2. The zero-order valence-corrected chi connectivity index (χ0v) is 12.1. The summed E-state index contributed by atoms with van der Waals surface area (Å²) < 4.78 is 0. The molecule has 116 valence electrons. The minimum absolute atomic E-state index is 0.300. The number of rotatable bonds is 4. The molecule has 0 spiro atoms. The molecular weight excluding hydrogens is 294 g/mol. The summed E-state index contributed by atoms with van der Waals surface area (Å²) in [7, 11) is 0. The first-order valence-corrected chi connectivity index (χ1v) is 7.04. The Morgan fingerprint density at radius 3 is 2.35 bits per heavy atom. The highest BCUT2D eigenvalue weighted by Gasteiger charge is 2.24. The van der Waals surface area contributed by atoms with Crippen molar-refractivity contribution in [2.24, 2.45) is 5.10 Å². The van der Waals surface area contributed by atoms with E-state index in [0.29, 0.717) is 11.3 Å². The molecule has 0 radical (unpaired) electrons. The van der Waals surface area contributed by atoms with Gasteiger partial charge in [0.2, 0.25) is 0 Å². The molecule has 3 amide bonds. The molecule has 0 saturated carbocycles. The predicted molar refractivity (Wildman–Crippen MR) is 85.5 cm³/mol. The van der Waals surface area contributed by atoms with E-state index in [1.54, 1.807) is 24.3 Å². The van der Waals surface area contributed by atoms with Gasteiger partial charge in [0, 0.05) is 11.1 Å². The van der Waals surface area contributed by atoms with Crippen molar-refractivity contribution in [3.05, 3.63) is 71.8 Å². The summed E-state index contributed by atoms with van der Waals surface area (Å²) in [6.07, 6.45) is -0.640. The zero-order chi connectivity index (χ0) is 16.1. The van der Waals surface area contributed by atoms with Gasteiger partial charge in [-0.15, -0.1) is 0 Å². The molecule has 2 aromatic carbocycles. The summed E-state index contributed by atoms with van der Waals surface area (Å²) in [5.74, 6) is -0.300. The Morgan fingerprint density at radius 2 is 1.65 bits per heavy atom. The lowest BCUT2D eigenvalue weighted by Crippen LogP contribution is -2.61. The second-order valence-electron chi connectivity index (χ2n) is 4.85. The molecule has 1 aliphatic heterocycles. The minimum Gasteiger partial charge on any atom is -0.314 e. The largest absolute Gasteiger partial charge is 0.336 e. The topological polar surface area (TPSA) is 94.6 Å². The Bertz CT molecular complexity index is 731. The molecule has 0 aliphatic carbocycles. The summed E-state index contributed by atoms with van der Waals surface area (Å²) in [6.45, 7) is 0. The maximum atomic E-state index is 12.1. The van der Waals surface area contributed by atoms with Gasteiger partial charge in [0.1, 0.15) is 11.9 Å². The molecule has 7 nitrogen and oxygen atoms in total. The van der Waals surface area contributed by atoms with Crippen LogP contribution in [0, 0.1) is 0 Å². The van der Waals surface area contributed by atoms with Gasteiger partial charge in [-0.2, -0.15) is 5.10 Å². The highest BCUT2D eigenvalue weighted by atomic mass is 16.2. The molecule has 0 saturated heterocycles. The van der Waals surface area contributed by atoms with Gasteiger partial charge < -0.3 is 5.32 Å². The maximum absolute atomic E-state index is 12.1. The molecule has 4 N–H and O–H groups in total. The molecule has 0 bridgehead atoms. The number of amides is 3. The lowest BCUT2D eigenvalue weighted by atomic mass is 10.1. The lowest BCUT2D eigenvalue weighted by Gasteiger charge is -2.25. The van der Waals surface area contributed by atoms with Crippen molar-refractivity contribution < 1.29 is 9.59 Å². The van der Waals surface area contributed by atoms with Crippen LogP contribution < -0.4 is 21.6 Å². The van der Waals surface area contributed by atoms with Crippen molar-refractivity contribution in [1.29, 1.82) is 0 Å². The third kappa shape index (κ3) is 3.53. The molecule has 3 rings (SSSR count). The first kappa shape index (κ1) is 14.7. The fourth-order valence-electron chi connectivity index (χ4n) is 2.15. The predicted octanol–water partition coefficient (Wildman–Crippen LogP) is 0.964. The van der Waals surface area contributed by atoms with Crippen LogP contribution in [-0.2, 0) is 0 Å². The molecule has 1 atom stereocenters. The molecule has 1 heterocycles. The molecule has 1 unspecified atom stereocenters.